The molecule has 1 fully saturated rings. The highest BCUT2D eigenvalue weighted by Crippen LogP contribution is 2.35. The summed E-state index contributed by atoms with van der Waals surface area (Å²) in [6, 6.07) is 0. The predicted octanol–water partition coefficient (Wildman–Crippen LogP) is 0.709. The number of carbonyl (C=O) groups excluding carboxylic acids is 1. The lowest BCUT2D eigenvalue weighted by molar-refractivity contribution is -0.152. The van der Waals surface area contributed by atoms with E-state index in [0.29, 0.717) is 5.92 Å². The number of methoxy groups -OCH3 is 1. The maximum Gasteiger partial charge on any atom is 0.325 e. The van der Waals surface area contributed by atoms with Gasteiger partial charge < -0.3 is 10.5 Å². The van der Waals surface area contributed by atoms with Crippen molar-refractivity contribution in [2.45, 2.75) is 25.3 Å². The number of ether oxygens (including phenoxy) is 1. The van der Waals surface area contributed by atoms with Gasteiger partial charge in [-0.05, 0) is 18.8 Å². The van der Waals surface area contributed by atoms with E-state index in [1.807, 2.05) is 0 Å². The molecule has 0 unspecified atom stereocenters. The van der Waals surface area contributed by atoms with Gasteiger partial charge in [-0.15, -0.1) is 12.4 Å². The lowest BCUT2D eigenvalue weighted by atomic mass is 9.70. The first-order valence-electron chi connectivity index (χ1n) is 3.46. The molecule has 0 aromatic rings. The van der Waals surface area contributed by atoms with E-state index < -0.39 is 5.54 Å². The molecule has 2 N–H and O–H groups in total. The Balaban J connectivity index is 0.000001000. The first-order valence-corrected chi connectivity index (χ1v) is 3.46. The van der Waals surface area contributed by atoms with Gasteiger partial charge >= 0.3 is 5.97 Å². The minimum Gasteiger partial charge on any atom is -0.468 e. The molecule has 1 rings (SSSR count). The molecule has 3 nitrogen and oxygen atoms in total. The number of hydrogen-bond acceptors (Lipinski definition) is 3. The molecule has 0 saturated heterocycles. The third-order valence-electron chi connectivity index (χ3n) is 2.02. The molecular formula is C7H14ClNO2. The quantitative estimate of drug-likeness (QED) is 0.604. The second kappa shape index (κ2) is 3.41. The van der Waals surface area contributed by atoms with Crippen molar-refractivity contribution < 1.29 is 9.53 Å². The number of rotatable bonds is 1. The van der Waals surface area contributed by atoms with E-state index in [2.05, 4.69) is 11.7 Å². The van der Waals surface area contributed by atoms with Crippen molar-refractivity contribution in [3.63, 3.8) is 0 Å². The first kappa shape index (κ1) is 10.7. The normalized spacial score (nSPS) is 35.0. The van der Waals surface area contributed by atoms with Crippen molar-refractivity contribution in [1.29, 1.82) is 0 Å². The fraction of sp³-hybridized carbons (Fsp3) is 0.857. The molecule has 0 heterocycles. The minimum atomic E-state index is -0.659. The molecular weight excluding hydrogens is 166 g/mol. The number of hydrogen-bond donors (Lipinski definition) is 1. The van der Waals surface area contributed by atoms with Crippen LogP contribution in [-0.4, -0.2) is 18.6 Å². The van der Waals surface area contributed by atoms with Crippen molar-refractivity contribution in [2.24, 2.45) is 11.7 Å². The molecule has 0 aromatic heterocycles. The van der Waals surface area contributed by atoms with Gasteiger partial charge in [0.2, 0.25) is 0 Å². The summed E-state index contributed by atoms with van der Waals surface area (Å²) in [4.78, 5) is 10.9. The van der Waals surface area contributed by atoms with Crippen LogP contribution in [0, 0.1) is 5.92 Å². The van der Waals surface area contributed by atoms with Crippen LogP contribution < -0.4 is 5.73 Å². The second-order valence-corrected chi connectivity index (χ2v) is 3.16. The van der Waals surface area contributed by atoms with Gasteiger partial charge in [-0.25, -0.2) is 0 Å². The van der Waals surface area contributed by atoms with Crippen LogP contribution >= 0.6 is 12.4 Å². The Bertz CT molecular complexity index is 155. The molecule has 0 amide bonds. The lowest BCUT2D eigenvalue weighted by Crippen LogP contribution is -2.57. The largest absolute Gasteiger partial charge is 0.468 e. The highest BCUT2D eigenvalue weighted by atomic mass is 35.5. The van der Waals surface area contributed by atoms with E-state index in [1.165, 1.54) is 7.11 Å². The molecule has 11 heavy (non-hydrogen) atoms. The highest BCUT2D eigenvalue weighted by molar-refractivity contribution is 5.85. The molecule has 0 atom stereocenters. The SMILES string of the molecule is COC(=O)C1(N)CC(C)C1.Cl. The minimum absolute atomic E-state index is 0. The number of nitrogens with two attached hydrogens (primary N) is 1. The van der Waals surface area contributed by atoms with Gasteiger partial charge in [-0.3, -0.25) is 4.79 Å². The molecule has 4 heteroatoms. The van der Waals surface area contributed by atoms with Crippen LogP contribution in [0.3, 0.4) is 0 Å². The van der Waals surface area contributed by atoms with Crippen LogP contribution in [-0.2, 0) is 9.53 Å². The van der Waals surface area contributed by atoms with Gasteiger partial charge in [-0.2, -0.15) is 0 Å². The van der Waals surface area contributed by atoms with Gasteiger partial charge in [0.05, 0.1) is 7.11 Å². The smallest absolute Gasteiger partial charge is 0.325 e. The first-order chi connectivity index (χ1) is 4.58. The van der Waals surface area contributed by atoms with E-state index in [9.17, 15) is 4.79 Å². The Kier molecular flexibility index (Phi) is 3.32. The lowest BCUT2D eigenvalue weighted by Gasteiger charge is -2.40. The number of carbonyl (C=O) groups is 1. The summed E-state index contributed by atoms with van der Waals surface area (Å²) in [5.74, 6) is 0.301. The molecule has 1 aliphatic rings. The van der Waals surface area contributed by atoms with Gasteiger partial charge in [0.1, 0.15) is 5.54 Å². The molecule has 0 aliphatic heterocycles. The average molecular weight is 180 g/mol. The van der Waals surface area contributed by atoms with Crippen LogP contribution in [0.5, 0.6) is 0 Å². The molecule has 0 aromatic carbocycles. The Morgan fingerprint density at radius 2 is 2.09 bits per heavy atom. The molecule has 1 aliphatic carbocycles. The van der Waals surface area contributed by atoms with Gasteiger partial charge in [0.25, 0.3) is 0 Å². The fourth-order valence-corrected chi connectivity index (χ4v) is 1.55. The summed E-state index contributed by atoms with van der Waals surface area (Å²) in [5, 5.41) is 0. The maximum atomic E-state index is 10.9. The highest BCUT2D eigenvalue weighted by Gasteiger charge is 2.45. The third kappa shape index (κ3) is 1.84. The average Bonchev–Trinajstić information content (AvgIpc) is 1.83. The van der Waals surface area contributed by atoms with Crippen LogP contribution in [0.1, 0.15) is 19.8 Å². The monoisotopic (exact) mass is 179 g/mol. The van der Waals surface area contributed by atoms with E-state index in [1.54, 1.807) is 0 Å². The van der Waals surface area contributed by atoms with Gasteiger partial charge in [0.15, 0.2) is 0 Å². The summed E-state index contributed by atoms with van der Waals surface area (Å²) in [7, 11) is 1.37. The molecule has 1 saturated carbocycles. The van der Waals surface area contributed by atoms with E-state index >= 15 is 0 Å². The van der Waals surface area contributed by atoms with Crippen LogP contribution in [0.4, 0.5) is 0 Å². The van der Waals surface area contributed by atoms with E-state index in [4.69, 9.17) is 5.73 Å². The fourth-order valence-electron chi connectivity index (χ4n) is 1.55. The Hall–Kier alpha value is -0.280. The maximum absolute atomic E-state index is 10.9. The summed E-state index contributed by atoms with van der Waals surface area (Å²) < 4.78 is 4.54. The van der Waals surface area contributed by atoms with Crippen LogP contribution in [0.2, 0.25) is 0 Å². The Morgan fingerprint density at radius 1 is 1.64 bits per heavy atom. The van der Waals surface area contributed by atoms with Crippen molar-refractivity contribution >= 4 is 18.4 Å². The topological polar surface area (TPSA) is 52.3 Å². The van der Waals surface area contributed by atoms with E-state index in [0.717, 1.165) is 12.8 Å². The predicted molar refractivity (Wildman–Crippen MR) is 44.6 cm³/mol. The summed E-state index contributed by atoms with van der Waals surface area (Å²) in [6.07, 6.45) is 1.53. The van der Waals surface area contributed by atoms with Gasteiger partial charge in [-0.1, -0.05) is 6.92 Å². The molecule has 66 valence electrons. The van der Waals surface area contributed by atoms with Crippen molar-refractivity contribution in [3.05, 3.63) is 0 Å². The third-order valence-corrected chi connectivity index (χ3v) is 2.02. The molecule has 0 radical (unpaired) electrons. The zero-order valence-electron chi connectivity index (χ0n) is 6.79. The van der Waals surface area contributed by atoms with Crippen molar-refractivity contribution in [3.8, 4) is 0 Å². The zero-order valence-corrected chi connectivity index (χ0v) is 7.61. The Labute approximate surface area is 72.7 Å². The summed E-state index contributed by atoms with van der Waals surface area (Å²) in [5.41, 5.74) is 5.01. The second-order valence-electron chi connectivity index (χ2n) is 3.16. The number of esters is 1. The van der Waals surface area contributed by atoms with Crippen molar-refractivity contribution in [1.82, 2.24) is 0 Å². The summed E-state index contributed by atoms with van der Waals surface area (Å²) >= 11 is 0. The summed E-state index contributed by atoms with van der Waals surface area (Å²) in [6.45, 7) is 2.08. The standard InChI is InChI=1S/C7H13NO2.ClH/c1-5-3-7(8,4-5)6(9)10-2;/h5H,3-4,8H2,1-2H3;1H. The van der Waals surface area contributed by atoms with Gasteiger partial charge in [0, 0.05) is 0 Å². The van der Waals surface area contributed by atoms with Crippen molar-refractivity contribution in [2.75, 3.05) is 7.11 Å². The van der Waals surface area contributed by atoms with Crippen LogP contribution in [0.15, 0.2) is 0 Å². The molecule has 0 bridgehead atoms. The Morgan fingerprint density at radius 3 is 2.36 bits per heavy atom. The van der Waals surface area contributed by atoms with E-state index in [-0.39, 0.29) is 18.4 Å². The molecule has 0 spiro atoms. The van der Waals surface area contributed by atoms with Crippen LogP contribution in [0.25, 0.3) is 0 Å². The zero-order chi connectivity index (χ0) is 7.78. The number of halogens is 1.